The Bertz CT molecular complexity index is 1090. The number of sulfonamides is 1. The lowest BCUT2D eigenvalue weighted by Crippen LogP contribution is -2.44. The number of carbonyl (C=O) groups excluding carboxylic acids is 1. The first-order valence-electron chi connectivity index (χ1n) is 11.5. The predicted molar refractivity (Wildman–Crippen MR) is 130 cm³/mol. The SMILES string of the molecule is CCC(C(=O)Oc1ccc(S(=O)(=O)N[C@H](C(=O)O)C(C)C)cc1)c1ccc(N2CCCC2)cc1. The minimum absolute atomic E-state index is 0.108. The molecule has 2 aromatic rings. The summed E-state index contributed by atoms with van der Waals surface area (Å²) in [4.78, 5) is 26.4. The Labute approximate surface area is 201 Å². The summed E-state index contributed by atoms with van der Waals surface area (Å²) in [5.41, 5.74) is 2.02. The van der Waals surface area contributed by atoms with Crippen molar-refractivity contribution < 1.29 is 27.9 Å². The molecule has 1 unspecified atom stereocenters. The summed E-state index contributed by atoms with van der Waals surface area (Å²) >= 11 is 0. The van der Waals surface area contributed by atoms with Crippen molar-refractivity contribution in [3.05, 3.63) is 54.1 Å². The van der Waals surface area contributed by atoms with Gasteiger partial charge < -0.3 is 14.7 Å². The summed E-state index contributed by atoms with van der Waals surface area (Å²) in [7, 11) is -4.05. The second-order valence-corrected chi connectivity index (χ2v) is 10.5. The van der Waals surface area contributed by atoms with Gasteiger partial charge in [-0.2, -0.15) is 4.72 Å². The van der Waals surface area contributed by atoms with E-state index in [1.807, 2.05) is 31.2 Å². The number of nitrogens with zero attached hydrogens (tertiary/aromatic N) is 1. The summed E-state index contributed by atoms with van der Waals surface area (Å²) in [6.07, 6.45) is 2.95. The Kier molecular flexibility index (Phi) is 8.33. The Morgan fingerprint density at radius 2 is 1.62 bits per heavy atom. The van der Waals surface area contributed by atoms with Gasteiger partial charge in [0.15, 0.2) is 0 Å². The molecular weight excluding hydrogens is 456 g/mol. The van der Waals surface area contributed by atoms with Crippen LogP contribution in [0.2, 0.25) is 0 Å². The molecule has 1 aliphatic heterocycles. The van der Waals surface area contributed by atoms with Gasteiger partial charge >= 0.3 is 11.9 Å². The molecule has 2 aromatic carbocycles. The molecule has 34 heavy (non-hydrogen) atoms. The fourth-order valence-electron chi connectivity index (χ4n) is 4.01. The van der Waals surface area contributed by atoms with Gasteiger partial charge in [-0.3, -0.25) is 9.59 Å². The van der Waals surface area contributed by atoms with E-state index in [1.54, 1.807) is 13.8 Å². The van der Waals surface area contributed by atoms with Crippen molar-refractivity contribution >= 4 is 27.6 Å². The molecule has 2 N–H and O–H groups in total. The van der Waals surface area contributed by atoms with E-state index in [0.29, 0.717) is 6.42 Å². The molecule has 1 heterocycles. The maximum atomic E-state index is 12.8. The molecule has 8 nitrogen and oxygen atoms in total. The highest BCUT2D eigenvalue weighted by atomic mass is 32.2. The van der Waals surface area contributed by atoms with Crippen molar-refractivity contribution in [3.63, 3.8) is 0 Å². The zero-order valence-corrected chi connectivity index (χ0v) is 20.5. The molecule has 0 saturated carbocycles. The lowest BCUT2D eigenvalue weighted by atomic mass is 9.96. The first-order chi connectivity index (χ1) is 16.1. The zero-order chi connectivity index (χ0) is 24.9. The van der Waals surface area contributed by atoms with Crippen LogP contribution in [0, 0.1) is 5.92 Å². The summed E-state index contributed by atoms with van der Waals surface area (Å²) in [6, 6.07) is 12.1. The molecule has 0 bridgehead atoms. The maximum Gasteiger partial charge on any atom is 0.322 e. The molecule has 2 atom stereocenters. The Hall–Kier alpha value is -2.91. The number of aliphatic carboxylic acids is 1. The van der Waals surface area contributed by atoms with Crippen molar-refractivity contribution in [1.82, 2.24) is 4.72 Å². The van der Waals surface area contributed by atoms with Crippen molar-refractivity contribution in [2.45, 2.75) is 56.9 Å². The number of anilines is 1. The summed E-state index contributed by atoms with van der Waals surface area (Å²) < 4.78 is 32.8. The van der Waals surface area contributed by atoms with Gasteiger partial charge in [-0.1, -0.05) is 32.9 Å². The number of carbonyl (C=O) groups is 2. The average molecular weight is 489 g/mol. The number of benzene rings is 2. The van der Waals surface area contributed by atoms with Crippen LogP contribution >= 0.6 is 0 Å². The molecule has 9 heteroatoms. The fraction of sp³-hybridized carbons (Fsp3) is 0.440. The molecule has 3 rings (SSSR count). The molecule has 184 valence electrons. The third kappa shape index (κ3) is 6.15. The Balaban J connectivity index is 1.67. The van der Waals surface area contributed by atoms with Crippen LogP contribution < -0.4 is 14.4 Å². The van der Waals surface area contributed by atoms with E-state index in [9.17, 15) is 23.1 Å². The van der Waals surface area contributed by atoms with E-state index in [-0.39, 0.29) is 10.6 Å². The van der Waals surface area contributed by atoms with Gasteiger partial charge in [0, 0.05) is 18.8 Å². The largest absolute Gasteiger partial charge is 0.480 e. The molecule has 1 fully saturated rings. The van der Waals surface area contributed by atoms with Crippen LogP contribution in [0.3, 0.4) is 0 Å². The summed E-state index contributed by atoms with van der Waals surface area (Å²) in [5.74, 6) is -2.32. The number of ether oxygens (including phenoxy) is 1. The van der Waals surface area contributed by atoms with Gasteiger partial charge in [0.1, 0.15) is 11.8 Å². The topological polar surface area (TPSA) is 113 Å². The number of rotatable bonds is 10. The fourth-order valence-corrected chi connectivity index (χ4v) is 5.35. The lowest BCUT2D eigenvalue weighted by molar-refractivity contribution is -0.140. The van der Waals surface area contributed by atoms with E-state index in [0.717, 1.165) is 24.3 Å². The number of nitrogens with one attached hydrogen (secondary N) is 1. The van der Waals surface area contributed by atoms with Crippen LogP contribution in [0.15, 0.2) is 53.4 Å². The second-order valence-electron chi connectivity index (χ2n) is 8.82. The zero-order valence-electron chi connectivity index (χ0n) is 19.7. The minimum atomic E-state index is -4.05. The number of esters is 1. The highest BCUT2D eigenvalue weighted by Crippen LogP contribution is 2.27. The van der Waals surface area contributed by atoms with Crippen LogP contribution in [0.1, 0.15) is 51.5 Å². The third-order valence-electron chi connectivity index (χ3n) is 6.03. The molecule has 0 aromatic heterocycles. The van der Waals surface area contributed by atoms with Crippen LogP contribution in [-0.4, -0.2) is 44.6 Å². The van der Waals surface area contributed by atoms with Crippen LogP contribution in [0.4, 0.5) is 5.69 Å². The molecule has 0 aliphatic carbocycles. The van der Waals surface area contributed by atoms with E-state index < -0.39 is 39.8 Å². The number of hydrogen-bond donors (Lipinski definition) is 2. The highest BCUT2D eigenvalue weighted by Gasteiger charge is 2.28. The van der Waals surface area contributed by atoms with Crippen molar-refractivity contribution in [2.24, 2.45) is 5.92 Å². The molecule has 0 radical (unpaired) electrons. The maximum absolute atomic E-state index is 12.8. The Morgan fingerprint density at radius 1 is 1.03 bits per heavy atom. The lowest BCUT2D eigenvalue weighted by Gasteiger charge is -2.20. The van der Waals surface area contributed by atoms with E-state index in [4.69, 9.17) is 4.74 Å². The first-order valence-corrected chi connectivity index (χ1v) is 13.0. The van der Waals surface area contributed by atoms with E-state index >= 15 is 0 Å². The van der Waals surface area contributed by atoms with Crippen LogP contribution in [0.25, 0.3) is 0 Å². The standard InChI is InChI=1S/C25H32N2O6S/c1-4-22(18-7-9-19(10-8-18)27-15-5-6-16-27)25(30)33-20-11-13-21(14-12-20)34(31,32)26-23(17(2)3)24(28)29/h7-14,17,22-23,26H,4-6,15-16H2,1-3H3,(H,28,29)/t22?,23-/m0/s1. The Morgan fingerprint density at radius 3 is 2.12 bits per heavy atom. The quantitative estimate of drug-likeness (QED) is 0.387. The monoisotopic (exact) mass is 488 g/mol. The van der Waals surface area contributed by atoms with Gasteiger partial charge in [-0.25, -0.2) is 8.42 Å². The predicted octanol–water partition coefficient (Wildman–Crippen LogP) is 3.77. The smallest absolute Gasteiger partial charge is 0.322 e. The second kappa shape index (κ2) is 11.0. The van der Waals surface area contributed by atoms with Crippen LogP contribution in [0.5, 0.6) is 5.75 Å². The van der Waals surface area contributed by atoms with Crippen molar-refractivity contribution in [3.8, 4) is 5.75 Å². The number of hydrogen-bond acceptors (Lipinski definition) is 6. The van der Waals surface area contributed by atoms with E-state index in [1.165, 1.54) is 37.1 Å². The number of carboxylic acid groups (broad SMARTS) is 1. The molecule has 1 saturated heterocycles. The van der Waals surface area contributed by atoms with Gasteiger partial charge in [-0.05, 0) is 67.1 Å². The van der Waals surface area contributed by atoms with Gasteiger partial charge in [0.2, 0.25) is 10.0 Å². The third-order valence-corrected chi connectivity index (χ3v) is 7.48. The summed E-state index contributed by atoms with van der Waals surface area (Å²) in [5, 5.41) is 9.25. The molecule has 1 aliphatic rings. The summed E-state index contributed by atoms with van der Waals surface area (Å²) in [6.45, 7) is 7.25. The molecule has 0 spiro atoms. The molecular formula is C25H32N2O6S. The normalized spacial score (nSPS) is 15.8. The van der Waals surface area contributed by atoms with Crippen LogP contribution in [-0.2, 0) is 19.6 Å². The minimum Gasteiger partial charge on any atom is -0.480 e. The highest BCUT2D eigenvalue weighted by molar-refractivity contribution is 7.89. The first kappa shape index (κ1) is 25.7. The van der Waals surface area contributed by atoms with Gasteiger partial charge in [0.25, 0.3) is 0 Å². The number of carboxylic acids is 1. The molecule has 0 amide bonds. The van der Waals surface area contributed by atoms with Crippen molar-refractivity contribution in [2.75, 3.05) is 18.0 Å². The van der Waals surface area contributed by atoms with Gasteiger partial charge in [-0.15, -0.1) is 0 Å². The average Bonchev–Trinajstić information content (AvgIpc) is 3.33. The van der Waals surface area contributed by atoms with E-state index in [2.05, 4.69) is 9.62 Å². The van der Waals surface area contributed by atoms with Crippen molar-refractivity contribution in [1.29, 1.82) is 0 Å². The van der Waals surface area contributed by atoms with Gasteiger partial charge in [0.05, 0.1) is 10.8 Å².